The van der Waals surface area contributed by atoms with Gasteiger partial charge in [0, 0.05) is 19.2 Å². The van der Waals surface area contributed by atoms with Gasteiger partial charge in [0.2, 0.25) is 0 Å². The molecule has 1 unspecified atom stereocenters. The largest absolute Gasteiger partial charge is 0.492 e. The van der Waals surface area contributed by atoms with Crippen molar-refractivity contribution >= 4 is 0 Å². The standard InChI is InChI=1S/C13H19NO2/c1-11-2-4-13(5-3-11)16-9-7-14-12-6-8-15-10-12/h2-5,12,14H,6-10H2,1H3. The van der Waals surface area contributed by atoms with Crippen molar-refractivity contribution in [2.75, 3.05) is 26.4 Å². The minimum atomic E-state index is 0.515. The molecule has 0 spiro atoms. The van der Waals surface area contributed by atoms with Crippen LogP contribution >= 0.6 is 0 Å². The molecule has 0 radical (unpaired) electrons. The van der Waals surface area contributed by atoms with Gasteiger partial charge in [-0.1, -0.05) is 17.7 Å². The van der Waals surface area contributed by atoms with Crippen LogP contribution in [-0.2, 0) is 4.74 Å². The third-order valence-electron chi connectivity index (χ3n) is 2.75. The van der Waals surface area contributed by atoms with Gasteiger partial charge in [-0.15, -0.1) is 0 Å². The Morgan fingerprint density at radius 3 is 2.88 bits per heavy atom. The SMILES string of the molecule is Cc1ccc(OCCNC2CCOC2)cc1. The van der Waals surface area contributed by atoms with Crippen LogP contribution in [0.3, 0.4) is 0 Å². The Labute approximate surface area is 96.8 Å². The Hall–Kier alpha value is -1.06. The first-order valence-corrected chi connectivity index (χ1v) is 5.85. The zero-order valence-corrected chi connectivity index (χ0v) is 9.74. The molecule has 3 nitrogen and oxygen atoms in total. The highest BCUT2D eigenvalue weighted by molar-refractivity contribution is 5.26. The van der Waals surface area contributed by atoms with E-state index >= 15 is 0 Å². The summed E-state index contributed by atoms with van der Waals surface area (Å²) in [6.07, 6.45) is 1.12. The molecule has 0 amide bonds. The van der Waals surface area contributed by atoms with Gasteiger partial charge in [-0.3, -0.25) is 0 Å². The lowest BCUT2D eigenvalue weighted by atomic mass is 10.2. The van der Waals surface area contributed by atoms with E-state index in [4.69, 9.17) is 9.47 Å². The van der Waals surface area contributed by atoms with Gasteiger partial charge in [-0.2, -0.15) is 0 Å². The van der Waals surface area contributed by atoms with Crippen molar-refractivity contribution in [2.45, 2.75) is 19.4 Å². The van der Waals surface area contributed by atoms with Crippen molar-refractivity contribution in [1.82, 2.24) is 5.32 Å². The Morgan fingerprint density at radius 1 is 1.38 bits per heavy atom. The first-order chi connectivity index (χ1) is 7.84. The highest BCUT2D eigenvalue weighted by Gasteiger charge is 2.13. The van der Waals surface area contributed by atoms with Crippen molar-refractivity contribution in [2.24, 2.45) is 0 Å². The predicted octanol–water partition coefficient (Wildman–Crippen LogP) is 1.75. The third-order valence-corrected chi connectivity index (χ3v) is 2.75. The van der Waals surface area contributed by atoms with E-state index < -0.39 is 0 Å². The lowest BCUT2D eigenvalue weighted by Gasteiger charge is -2.11. The Morgan fingerprint density at radius 2 is 2.19 bits per heavy atom. The summed E-state index contributed by atoms with van der Waals surface area (Å²) in [7, 11) is 0. The van der Waals surface area contributed by atoms with E-state index in [-0.39, 0.29) is 0 Å². The molecule has 2 rings (SSSR count). The van der Waals surface area contributed by atoms with Crippen molar-refractivity contribution in [1.29, 1.82) is 0 Å². The zero-order chi connectivity index (χ0) is 11.2. The molecule has 0 aliphatic carbocycles. The summed E-state index contributed by atoms with van der Waals surface area (Å²) >= 11 is 0. The van der Waals surface area contributed by atoms with Gasteiger partial charge in [0.25, 0.3) is 0 Å². The molecule has 16 heavy (non-hydrogen) atoms. The molecule has 1 aromatic carbocycles. The number of aryl methyl sites for hydroxylation is 1. The molecule has 0 aromatic heterocycles. The van der Waals surface area contributed by atoms with Crippen molar-refractivity contribution in [3.63, 3.8) is 0 Å². The van der Waals surface area contributed by atoms with Crippen molar-refractivity contribution < 1.29 is 9.47 Å². The number of hydrogen-bond acceptors (Lipinski definition) is 3. The average Bonchev–Trinajstić information content (AvgIpc) is 2.80. The van der Waals surface area contributed by atoms with Crippen molar-refractivity contribution in [3.8, 4) is 5.75 Å². The molecule has 1 fully saturated rings. The highest BCUT2D eigenvalue weighted by Crippen LogP contribution is 2.10. The van der Waals surface area contributed by atoms with E-state index in [1.807, 2.05) is 12.1 Å². The van der Waals surface area contributed by atoms with Gasteiger partial charge in [0.15, 0.2) is 0 Å². The highest BCUT2D eigenvalue weighted by atomic mass is 16.5. The molecule has 88 valence electrons. The number of ether oxygens (including phenoxy) is 2. The maximum Gasteiger partial charge on any atom is 0.119 e. The maximum atomic E-state index is 5.62. The number of rotatable bonds is 5. The van der Waals surface area contributed by atoms with E-state index in [1.165, 1.54) is 5.56 Å². The number of benzene rings is 1. The van der Waals surface area contributed by atoms with Gasteiger partial charge in [-0.25, -0.2) is 0 Å². The molecule has 3 heteroatoms. The van der Waals surface area contributed by atoms with E-state index in [9.17, 15) is 0 Å². The van der Waals surface area contributed by atoms with Crippen LogP contribution in [0.25, 0.3) is 0 Å². The molecule has 1 aliphatic rings. The van der Waals surface area contributed by atoms with Crippen LogP contribution in [0, 0.1) is 6.92 Å². The summed E-state index contributed by atoms with van der Waals surface area (Å²) in [5, 5.41) is 3.41. The van der Waals surface area contributed by atoms with Gasteiger partial charge in [0.1, 0.15) is 12.4 Å². The normalized spacial score (nSPS) is 19.9. The molecular formula is C13H19NO2. The minimum Gasteiger partial charge on any atom is -0.492 e. The van der Waals surface area contributed by atoms with Crippen LogP contribution in [0.4, 0.5) is 0 Å². The molecular weight excluding hydrogens is 202 g/mol. The minimum absolute atomic E-state index is 0.515. The molecule has 1 aromatic rings. The lowest BCUT2D eigenvalue weighted by Crippen LogP contribution is -2.32. The van der Waals surface area contributed by atoms with Crippen LogP contribution in [0.15, 0.2) is 24.3 Å². The number of hydrogen-bond donors (Lipinski definition) is 1. The summed E-state index contributed by atoms with van der Waals surface area (Å²) in [6.45, 7) is 5.38. The van der Waals surface area contributed by atoms with Crippen molar-refractivity contribution in [3.05, 3.63) is 29.8 Å². The van der Waals surface area contributed by atoms with E-state index in [2.05, 4.69) is 24.4 Å². The fourth-order valence-electron chi connectivity index (χ4n) is 1.76. The Bertz CT molecular complexity index is 304. The second-order valence-corrected chi connectivity index (χ2v) is 4.18. The topological polar surface area (TPSA) is 30.5 Å². The first kappa shape index (κ1) is 11.4. The Balaban J connectivity index is 1.62. The maximum absolute atomic E-state index is 5.62. The predicted molar refractivity (Wildman–Crippen MR) is 63.9 cm³/mol. The van der Waals surface area contributed by atoms with Gasteiger partial charge < -0.3 is 14.8 Å². The monoisotopic (exact) mass is 221 g/mol. The molecule has 1 heterocycles. The molecule has 1 saturated heterocycles. The Kier molecular flexibility index (Phi) is 4.19. The summed E-state index contributed by atoms with van der Waals surface area (Å²) < 4.78 is 10.9. The van der Waals surface area contributed by atoms with Crippen LogP contribution in [-0.4, -0.2) is 32.4 Å². The second kappa shape index (κ2) is 5.87. The summed E-state index contributed by atoms with van der Waals surface area (Å²) in [5.41, 5.74) is 1.26. The van der Waals surface area contributed by atoms with Crippen LogP contribution in [0.1, 0.15) is 12.0 Å². The molecule has 1 N–H and O–H groups in total. The lowest BCUT2D eigenvalue weighted by molar-refractivity contribution is 0.188. The van der Waals surface area contributed by atoms with Crippen LogP contribution in [0.2, 0.25) is 0 Å². The first-order valence-electron chi connectivity index (χ1n) is 5.85. The fraction of sp³-hybridized carbons (Fsp3) is 0.538. The van der Waals surface area contributed by atoms with Gasteiger partial charge in [0.05, 0.1) is 6.61 Å². The summed E-state index contributed by atoms with van der Waals surface area (Å²) in [5.74, 6) is 0.940. The van der Waals surface area contributed by atoms with E-state index in [0.29, 0.717) is 12.6 Å². The smallest absolute Gasteiger partial charge is 0.119 e. The summed E-state index contributed by atoms with van der Waals surface area (Å²) in [4.78, 5) is 0. The molecule has 1 aliphatic heterocycles. The quantitative estimate of drug-likeness (QED) is 0.768. The van der Waals surface area contributed by atoms with E-state index in [0.717, 1.165) is 31.9 Å². The second-order valence-electron chi connectivity index (χ2n) is 4.18. The van der Waals surface area contributed by atoms with Crippen LogP contribution < -0.4 is 10.1 Å². The number of nitrogens with one attached hydrogen (secondary N) is 1. The van der Waals surface area contributed by atoms with Gasteiger partial charge >= 0.3 is 0 Å². The third kappa shape index (κ3) is 3.51. The zero-order valence-electron chi connectivity index (χ0n) is 9.74. The van der Waals surface area contributed by atoms with Gasteiger partial charge in [-0.05, 0) is 25.5 Å². The molecule has 0 bridgehead atoms. The molecule has 0 saturated carbocycles. The molecule has 1 atom stereocenters. The average molecular weight is 221 g/mol. The fourth-order valence-corrected chi connectivity index (χ4v) is 1.76. The summed E-state index contributed by atoms with van der Waals surface area (Å²) in [6, 6.07) is 8.66. The van der Waals surface area contributed by atoms with E-state index in [1.54, 1.807) is 0 Å². The van der Waals surface area contributed by atoms with Crippen LogP contribution in [0.5, 0.6) is 5.75 Å².